The maximum Gasteiger partial charge on any atom is 0.310 e. The van der Waals surface area contributed by atoms with Crippen molar-refractivity contribution >= 4 is 5.97 Å². The Kier molecular flexibility index (Phi) is 5.17. The molecule has 106 valence electrons. The summed E-state index contributed by atoms with van der Waals surface area (Å²) in [4.78, 5) is 13.7. The molecule has 1 aliphatic heterocycles. The number of likely N-dealkylation sites (tertiary alicyclic amines) is 1. The van der Waals surface area contributed by atoms with E-state index in [1.807, 2.05) is 20.8 Å². The molecule has 1 atom stereocenters. The summed E-state index contributed by atoms with van der Waals surface area (Å²) in [6.45, 7) is 11.2. The van der Waals surface area contributed by atoms with Gasteiger partial charge in [-0.25, -0.2) is 0 Å². The van der Waals surface area contributed by atoms with Crippen molar-refractivity contribution < 1.29 is 14.6 Å². The molecule has 1 aliphatic rings. The van der Waals surface area contributed by atoms with Crippen molar-refractivity contribution in [3.05, 3.63) is 0 Å². The van der Waals surface area contributed by atoms with Crippen LogP contribution in [-0.4, -0.2) is 47.8 Å². The summed E-state index contributed by atoms with van der Waals surface area (Å²) in [6.07, 6.45) is 2.48. The Bertz CT molecular complexity index is 285. The highest BCUT2D eigenvalue weighted by Crippen LogP contribution is 2.35. The maximum atomic E-state index is 11.4. The topological polar surface area (TPSA) is 49.8 Å². The molecule has 0 amide bonds. The molecular weight excluding hydrogens is 230 g/mol. The minimum atomic E-state index is -0.636. The highest BCUT2D eigenvalue weighted by molar-refractivity contribution is 5.75. The lowest BCUT2D eigenvalue weighted by Crippen LogP contribution is -2.36. The first-order valence-corrected chi connectivity index (χ1v) is 6.89. The summed E-state index contributed by atoms with van der Waals surface area (Å²) in [6, 6.07) is 0. The maximum absolute atomic E-state index is 11.4. The van der Waals surface area contributed by atoms with E-state index in [1.54, 1.807) is 0 Å². The van der Waals surface area contributed by atoms with Crippen LogP contribution < -0.4 is 0 Å². The Hall–Kier alpha value is -0.610. The number of carbonyl (C=O) groups is 1. The van der Waals surface area contributed by atoms with Gasteiger partial charge in [0.2, 0.25) is 0 Å². The van der Waals surface area contributed by atoms with Gasteiger partial charge in [-0.15, -0.1) is 0 Å². The molecule has 0 spiro atoms. The minimum absolute atomic E-state index is 0.118. The van der Waals surface area contributed by atoms with Gasteiger partial charge in [-0.1, -0.05) is 13.3 Å². The van der Waals surface area contributed by atoms with Gasteiger partial charge in [-0.3, -0.25) is 9.69 Å². The van der Waals surface area contributed by atoms with Gasteiger partial charge in [-0.2, -0.15) is 0 Å². The number of rotatable bonds is 6. The van der Waals surface area contributed by atoms with E-state index in [0.717, 1.165) is 32.4 Å². The minimum Gasteiger partial charge on any atom is -0.481 e. The van der Waals surface area contributed by atoms with E-state index < -0.39 is 11.4 Å². The van der Waals surface area contributed by atoms with Crippen molar-refractivity contribution in [2.24, 2.45) is 5.41 Å². The number of ether oxygens (including phenoxy) is 1. The van der Waals surface area contributed by atoms with Crippen LogP contribution in [0.2, 0.25) is 0 Å². The SMILES string of the molecule is CCCC1(C(=O)O)CCN(CCOC(C)(C)C)C1. The first-order chi connectivity index (χ1) is 8.29. The number of carboxylic acids is 1. The molecule has 4 nitrogen and oxygen atoms in total. The predicted octanol–water partition coefficient (Wildman–Crippen LogP) is 2.38. The molecule has 0 aromatic carbocycles. The van der Waals surface area contributed by atoms with E-state index in [9.17, 15) is 9.90 Å². The zero-order chi connectivity index (χ0) is 13.8. The first-order valence-electron chi connectivity index (χ1n) is 6.89. The molecule has 1 heterocycles. The fourth-order valence-corrected chi connectivity index (χ4v) is 2.59. The van der Waals surface area contributed by atoms with E-state index in [0.29, 0.717) is 13.2 Å². The van der Waals surface area contributed by atoms with Crippen molar-refractivity contribution in [1.29, 1.82) is 0 Å². The molecule has 0 aromatic rings. The van der Waals surface area contributed by atoms with Crippen molar-refractivity contribution in [2.45, 2.75) is 52.6 Å². The normalized spacial score (nSPS) is 25.6. The number of carboxylic acid groups (broad SMARTS) is 1. The molecule has 1 rings (SSSR count). The van der Waals surface area contributed by atoms with Crippen LogP contribution in [-0.2, 0) is 9.53 Å². The summed E-state index contributed by atoms with van der Waals surface area (Å²) in [5.41, 5.74) is -0.635. The van der Waals surface area contributed by atoms with E-state index in [1.165, 1.54) is 0 Å². The molecular formula is C14H27NO3. The lowest BCUT2D eigenvalue weighted by molar-refractivity contribution is -0.148. The lowest BCUT2D eigenvalue weighted by Gasteiger charge is -2.25. The van der Waals surface area contributed by atoms with Gasteiger partial charge < -0.3 is 9.84 Å². The zero-order valence-corrected chi connectivity index (χ0v) is 12.2. The highest BCUT2D eigenvalue weighted by Gasteiger charge is 2.43. The van der Waals surface area contributed by atoms with Crippen molar-refractivity contribution in [2.75, 3.05) is 26.2 Å². The number of hydrogen-bond acceptors (Lipinski definition) is 3. The van der Waals surface area contributed by atoms with Gasteiger partial charge in [0.05, 0.1) is 17.6 Å². The summed E-state index contributed by atoms with van der Waals surface area (Å²) < 4.78 is 5.69. The monoisotopic (exact) mass is 257 g/mol. The quantitative estimate of drug-likeness (QED) is 0.793. The summed E-state index contributed by atoms with van der Waals surface area (Å²) in [5, 5.41) is 9.41. The zero-order valence-electron chi connectivity index (χ0n) is 12.2. The average Bonchev–Trinajstić information content (AvgIpc) is 2.61. The average molecular weight is 257 g/mol. The van der Waals surface area contributed by atoms with Crippen LogP contribution >= 0.6 is 0 Å². The number of nitrogens with zero attached hydrogens (tertiary/aromatic N) is 1. The molecule has 1 unspecified atom stereocenters. The highest BCUT2D eigenvalue weighted by atomic mass is 16.5. The molecule has 18 heavy (non-hydrogen) atoms. The second kappa shape index (κ2) is 6.02. The Morgan fingerprint density at radius 3 is 2.61 bits per heavy atom. The van der Waals surface area contributed by atoms with E-state index in [4.69, 9.17) is 4.74 Å². The smallest absolute Gasteiger partial charge is 0.310 e. The third-order valence-electron chi connectivity index (χ3n) is 3.56. The summed E-state index contributed by atoms with van der Waals surface area (Å²) >= 11 is 0. The van der Waals surface area contributed by atoms with Gasteiger partial charge in [0, 0.05) is 13.1 Å². The Morgan fingerprint density at radius 1 is 1.44 bits per heavy atom. The first kappa shape index (κ1) is 15.4. The fraction of sp³-hybridized carbons (Fsp3) is 0.929. The van der Waals surface area contributed by atoms with Crippen molar-refractivity contribution in [3.8, 4) is 0 Å². The molecule has 1 fully saturated rings. The molecule has 4 heteroatoms. The van der Waals surface area contributed by atoms with Crippen LogP contribution in [0.25, 0.3) is 0 Å². The molecule has 1 saturated heterocycles. The van der Waals surface area contributed by atoms with E-state index in [2.05, 4.69) is 11.8 Å². The Balaban J connectivity index is 2.42. The second-order valence-corrected chi connectivity index (χ2v) is 6.32. The lowest BCUT2D eigenvalue weighted by atomic mass is 9.83. The standard InChI is InChI=1S/C14H27NO3/c1-5-6-14(12(16)17)7-8-15(11-14)9-10-18-13(2,3)4/h5-11H2,1-4H3,(H,16,17). The molecule has 0 aromatic heterocycles. The third-order valence-corrected chi connectivity index (χ3v) is 3.56. The second-order valence-electron chi connectivity index (χ2n) is 6.32. The molecule has 0 bridgehead atoms. The molecule has 0 radical (unpaired) electrons. The third kappa shape index (κ3) is 4.25. The number of aliphatic carboxylic acids is 1. The van der Waals surface area contributed by atoms with Gasteiger partial charge in [0.25, 0.3) is 0 Å². The van der Waals surface area contributed by atoms with Crippen LogP contribution in [0.5, 0.6) is 0 Å². The van der Waals surface area contributed by atoms with Crippen LogP contribution in [0.4, 0.5) is 0 Å². The van der Waals surface area contributed by atoms with Crippen molar-refractivity contribution in [1.82, 2.24) is 4.90 Å². The fourth-order valence-electron chi connectivity index (χ4n) is 2.59. The largest absolute Gasteiger partial charge is 0.481 e. The Labute approximate surface area is 110 Å². The molecule has 1 N–H and O–H groups in total. The van der Waals surface area contributed by atoms with Gasteiger partial charge in [0.15, 0.2) is 0 Å². The van der Waals surface area contributed by atoms with Crippen LogP contribution in [0, 0.1) is 5.41 Å². The molecule has 0 saturated carbocycles. The van der Waals surface area contributed by atoms with E-state index in [-0.39, 0.29) is 5.60 Å². The van der Waals surface area contributed by atoms with Gasteiger partial charge >= 0.3 is 5.97 Å². The van der Waals surface area contributed by atoms with Crippen LogP contribution in [0.3, 0.4) is 0 Å². The predicted molar refractivity (Wildman–Crippen MR) is 71.7 cm³/mol. The van der Waals surface area contributed by atoms with E-state index >= 15 is 0 Å². The summed E-state index contributed by atoms with van der Waals surface area (Å²) in [5.74, 6) is -0.636. The van der Waals surface area contributed by atoms with Crippen molar-refractivity contribution in [3.63, 3.8) is 0 Å². The summed E-state index contributed by atoms with van der Waals surface area (Å²) in [7, 11) is 0. The van der Waals surface area contributed by atoms with Gasteiger partial charge in [0.1, 0.15) is 0 Å². The Morgan fingerprint density at radius 2 is 2.11 bits per heavy atom. The van der Waals surface area contributed by atoms with Crippen LogP contribution in [0.15, 0.2) is 0 Å². The number of hydrogen-bond donors (Lipinski definition) is 1. The van der Waals surface area contributed by atoms with Gasteiger partial charge in [-0.05, 0) is 40.2 Å². The van der Waals surface area contributed by atoms with Crippen LogP contribution in [0.1, 0.15) is 47.0 Å². The molecule has 0 aliphatic carbocycles.